The van der Waals surface area contributed by atoms with Gasteiger partial charge in [-0.3, -0.25) is 9.59 Å². The number of carbonyl (C=O) groups is 2. The normalized spacial score (nSPS) is 17.5. The quantitative estimate of drug-likeness (QED) is 0.904. The standard InChI is InChI=1S/C21H25N3O2/c25-20(18-7-6-16-4-1-2-5-17(16)14-18)23-10-3-11-24(13-12-23)21(26)19-8-9-22-15-19/h6-9,14-15,22H,1-5,10-13H2. The van der Waals surface area contributed by atoms with Crippen LogP contribution in [0.4, 0.5) is 0 Å². The molecule has 0 spiro atoms. The Morgan fingerprint density at radius 3 is 2.15 bits per heavy atom. The van der Waals surface area contributed by atoms with Crippen LogP contribution in [-0.4, -0.2) is 52.8 Å². The van der Waals surface area contributed by atoms with Crippen LogP contribution >= 0.6 is 0 Å². The number of H-pyrrole nitrogens is 1. The third-order valence-corrected chi connectivity index (χ3v) is 5.51. The fourth-order valence-electron chi connectivity index (χ4n) is 4.01. The Labute approximate surface area is 154 Å². The van der Waals surface area contributed by atoms with Crippen LogP contribution in [0.1, 0.15) is 51.1 Å². The number of hydrogen-bond donors (Lipinski definition) is 1. The molecule has 26 heavy (non-hydrogen) atoms. The molecule has 2 aromatic rings. The lowest BCUT2D eigenvalue weighted by molar-refractivity contribution is 0.0719. The number of amides is 2. The van der Waals surface area contributed by atoms with Crippen LogP contribution in [0.5, 0.6) is 0 Å². The lowest BCUT2D eigenvalue weighted by Crippen LogP contribution is -2.37. The number of aromatic nitrogens is 1. The van der Waals surface area contributed by atoms with Gasteiger partial charge in [-0.05, 0) is 61.4 Å². The highest BCUT2D eigenvalue weighted by Gasteiger charge is 2.24. The summed E-state index contributed by atoms with van der Waals surface area (Å²) in [6, 6.07) is 7.98. The van der Waals surface area contributed by atoms with Crippen LogP contribution in [0.15, 0.2) is 36.7 Å². The van der Waals surface area contributed by atoms with Crippen LogP contribution in [0.25, 0.3) is 0 Å². The first kappa shape index (κ1) is 16.9. The zero-order valence-electron chi connectivity index (χ0n) is 15.0. The van der Waals surface area contributed by atoms with E-state index in [0.29, 0.717) is 31.7 Å². The molecule has 1 saturated heterocycles. The van der Waals surface area contributed by atoms with E-state index in [0.717, 1.165) is 24.8 Å². The van der Waals surface area contributed by atoms with Gasteiger partial charge in [-0.1, -0.05) is 6.07 Å². The minimum atomic E-state index is 0.0364. The summed E-state index contributed by atoms with van der Waals surface area (Å²) in [5.41, 5.74) is 4.20. The molecule has 0 saturated carbocycles. The summed E-state index contributed by atoms with van der Waals surface area (Å²) in [5.74, 6) is 0.128. The largest absolute Gasteiger partial charge is 0.367 e. The van der Waals surface area contributed by atoms with Crippen molar-refractivity contribution >= 4 is 11.8 Å². The van der Waals surface area contributed by atoms with Gasteiger partial charge in [-0.25, -0.2) is 0 Å². The molecule has 1 aliphatic carbocycles. The van der Waals surface area contributed by atoms with Gasteiger partial charge in [0, 0.05) is 44.1 Å². The van der Waals surface area contributed by atoms with Crippen molar-refractivity contribution in [2.24, 2.45) is 0 Å². The van der Waals surface area contributed by atoms with E-state index in [-0.39, 0.29) is 11.8 Å². The first-order valence-electron chi connectivity index (χ1n) is 9.55. The van der Waals surface area contributed by atoms with Crippen LogP contribution in [-0.2, 0) is 12.8 Å². The van der Waals surface area contributed by atoms with Crippen molar-refractivity contribution in [2.75, 3.05) is 26.2 Å². The summed E-state index contributed by atoms with van der Waals surface area (Å²) in [6.07, 6.45) is 8.97. The highest BCUT2D eigenvalue weighted by Crippen LogP contribution is 2.23. The van der Waals surface area contributed by atoms with Crippen molar-refractivity contribution in [3.63, 3.8) is 0 Å². The number of rotatable bonds is 2. The van der Waals surface area contributed by atoms with Crippen LogP contribution < -0.4 is 0 Å². The van der Waals surface area contributed by atoms with E-state index >= 15 is 0 Å². The summed E-state index contributed by atoms with van der Waals surface area (Å²) in [5, 5.41) is 0. The lowest BCUT2D eigenvalue weighted by atomic mass is 9.90. The van der Waals surface area contributed by atoms with E-state index in [9.17, 15) is 9.59 Å². The predicted octanol–water partition coefficient (Wildman–Crippen LogP) is 2.88. The number of aromatic amines is 1. The SMILES string of the molecule is O=C(c1cc[nH]c1)N1CCCN(C(=O)c2ccc3c(c2)CCCC3)CC1. The maximum absolute atomic E-state index is 13.0. The summed E-state index contributed by atoms with van der Waals surface area (Å²) in [4.78, 5) is 32.2. The average Bonchev–Trinajstić information content (AvgIpc) is 3.11. The monoisotopic (exact) mass is 351 g/mol. The Morgan fingerprint density at radius 1 is 0.769 bits per heavy atom. The number of aryl methyl sites for hydroxylation is 2. The number of benzene rings is 1. The van der Waals surface area contributed by atoms with Crippen molar-refractivity contribution in [3.05, 3.63) is 58.9 Å². The second-order valence-corrected chi connectivity index (χ2v) is 7.23. The van der Waals surface area contributed by atoms with Crippen molar-refractivity contribution in [1.82, 2.24) is 14.8 Å². The molecule has 1 aliphatic heterocycles. The second kappa shape index (κ2) is 7.36. The average molecular weight is 351 g/mol. The molecule has 0 atom stereocenters. The Kier molecular flexibility index (Phi) is 4.78. The van der Waals surface area contributed by atoms with Gasteiger partial charge >= 0.3 is 0 Å². The van der Waals surface area contributed by atoms with Gasteiger partial charge in [-0.15, -0.1) is 0 Å². The zero-order valence-corrected chi connectivity index (χ0v) is 15.0. The molecule has 2 amide bonds. The molecule has 2 aliphatic rings. The van der Waals surface area contributed by atoms with E-state index in [1.807, 2.05) is 15.9 Å². The van der Waals surface area contributed by atoms with Gasteiger partial charge in [0.05, 0.1) is 5.56 Å². The topological polar surface area (TPSA) is 56.4 Å². The molecule has 1 fully saturated rings. The summed E-state index contributed by atoms with van der Waals surface area (Å²) >= 11 is 0. The Hall–Kier alpha value is -2.56. The molecular formula is C21H25N3O2. The van der Waals surface area contributed by atoms with Crippen molar-refractivity contribution < 1.29 is 9.59 Å². The lowest BCUT2D eigenvalue weighted by Gasteiger charge is -2.23. The molecule has 0 unspecified atom stereocenters. The van der Waals surface area contributed by atoms with Crippen LogP contribution in [0.3, 0.4) is 0 Å². The van der Waals surface area contributed by atoms with Crippen molar-refractivity contribution in [3.8, 4) is 0 Å². The molecule has 5 heteroatoms. The summed E-state index contributed by atoms with van der Waals surface area (Å²) in [7, 11) is 0. The highest BCUT2D eigenvalue weighted by atomic mass is 16.2. The van der Waals surface area contributed by atoms with E-state index in [2.05, 4.69) is 17.1 Å². The molecular weight excluding hydrogens is 326 g/mol. The van der Waals surface area contributed by atoms with Gasteiger partial charge in [0.15, 0.2) is 0 Å². The minimum absolute atomic E-state index is 0.0364. The van der Waals surface area contributed by atoms with E-state index in [1.54, 1.807) is 18.5 Å². The Balaban J connectivity index is 1.44. The van der Waals surface area contributed by atoms with Gasteiger partial charge in [0.2, 0.25) is 0 Å². The van der Waals surface area contributed by atoms with Gasteiger partial charge < -0.3 is 14.8 Å². The number of nitrogens with one attached hydrogen (secondary N) is 1. The fraction of sp³-hybridized carbons (Fsp3) is 0.429. The van der Waals surface area contributed by atoms with Crippen molar-refractivity contribution in [1.29, 1.82) is 0 Å². The third kappa shape index (κ3) is 3.39. The fourth-order valence-corrected chi connectivity index (χ4v) is 4.01. The first-order valence-corrected chi connectivity index (χ1v) is 9.55. The Morgan fingerprint density at radius 2 is 1.46 bits per heavy atom. The molecule has 0 bridgehead atoms. The number of fused-ring (bicyclic) bond motifs is 1. The molecule has 4 rings (SSSR count). The molecule has 1 aromatic carbocycles. The maximum atomic E-state index is 13.0. The zero-order chi connectivity index (χ0) is 17.9. The Bertz CT molecular complexity index is 798. The molecule has 136 valence electrons. The van der Waals surface area contributed by atoms with Gasteiger partial charge in [0.1, 0.15) is 0 Å². The maximum Gasteiger partial charge on any atom is 0.255 e. The first-order chi connectivity index (χ1) is 12.7. The number of hydrogen-bond acceptors (Lipinski definition) is 2. The second-order valence-electron chi connectivity index (χ2n) is 7.23. The highest BCUT2D eigenvalue weighted by molar-refractivity contribution is 5.95. The summed E-state index contributed by atoms with van der Waals surface area (Å²) in [6.45, 7) is 2.57. The number of nitrogens with zero attached hydrogens (tertiary/aromatic N) is 2. The molecule has 5 nitrogen and oxygen atoms in total. The molecule has 1 aromatic heterocycles. The van der Waals surface area contributed by atoms with E-state index < -0.39 is 0 Å². The van der Waals surface area contributed by atoms with Crippen molar-refractivity contribution in [2.45, 2.75) is 32.1 Å². The smallest absolute Gasteiger partial charge is 0.255 e. The van der Waals surface area contributed by atoms with Crippen LogP contribution in [0.2, 0.25) is 0 Å². The van der Waals surface area contributed by atoms with E-state index in [1.165, 1.54) is 24.0 Å². The third-order valence-electron chi connectivity index (χ3n) is 5.51. The minimum Gasteiger partial charge on any atom is -0.367 e. The van der Waals surface area contributed by atoms with Gasteiger partial charge in [-0.2, -0.15) is 0 Å². The molecule has 0 radical (unpaired) electrons. The summed E-state index contributed by atoms with van der Waals surface area (Å²) < 4.78 is 0. The molecule has 1 N–H and O–H groups in total. The van der Waals surface area contributed by atoms with E-state index in [4.69, 9.17) is 0 Å². The predicted molar refractivity (Wildman–Crippen MR) is 100 cm³/mol. The van der Waals surface area contributed by atoms with Crippen LogP contribution in [0, 0.1) is 0 Å². The number of carbonyl (C=O) groups excluding carboxylic acids is 2. The molecule has 2 heterocycles. The van der Waals surface area contributed by atoms with Gasteiger partial charge in [0.25, 0.3) is 11.8 Å².